The van der Waals surface area contributed by atoms with E-state index in [0.29, 0.717) is 5.92 Å². The maximum Gasteiger partial charge on any atom is 0.159 e. The molecular weight excluding hydrogens is 249 g/mol. The Bertz CT molecular complexity index is 415. The van der Waals surface area contributed by atoms with E-state index in [4.69, 9.17) is 16.3 Å². The van der Waals surface area contributed by atoms with Crippen molar-refractivity contribution in [1.82, 2.24) is 5.09 Å². The van der Waals surface area contributed by atoms with Crippen molar-refractivity contribution in [2.24, 2.45) is 11.3 Å². The summed E-state index contributed by atoms with van der Waals surface area (Å²) in [6.07, 6.45) is -1.99. The predicted molar refractivity (Wildman–Crippen MR) is 77.3 cm³/mol. The molecule has 94 valence electrons. The molecule has 2 nitrogen and oxygen atoms in total. The highest BCUT2D eigenvalue weighted by Gasteiger charge is 2.33. The lowest BCUT2D eigenvalue weighted by atomic mass is 9.81. The van der Waals surface area contributed by atoms with Crippen LogP contribution in [0.1, 0.15) is 20.8 Å². The fourth-order valence-electron chi connectivity index (χ4n) is 1.88. The molecule has 0 unspecified atom stereocenters. The summed E-state index contributed by atoms with van der Waals surface area (Å²) in [5, 5.41) is 4.60. The van der Waals surface area contributed by atoms with Gasteiger partial charge in [-0.25, -0.2) is 0 Å². The van der Waals surface area contributed by atoms with Gasteiger partial charge in [0, 0.05) is 17.8 Å². The van der Waals surface area contributed by atoms with Gasteiger partial charge in [-0.15, -0.1) is 0 Å². The van der Waals surface area contributed by atoms with Gasteiger partial charge in [-0.05, 0) is 17.2 Å². The molecule has 1 aromatic carbocycles. The number of nitrogens with one attached hydrogen (secondary N) is 1. The van der Waals surface area contributed by atoms with Gasteiger partial charge in [-0.3, -0.25) is 5.09 Å². The molecule has 4 heteroatoms. The van der Waals surface area contributed by atoms with E-state index < -0.39 is 6.42 Å². The smallest absolute Gasteiger partial charge is 0.159 e. The zero-order valence-corrected chi connectivity index (χ0v) is 12.4. The van der Waals surface area contributed by atoms with Gasteiger partial charge in [0.05, 0.1) is 6.61 Å². The first-order valence-corrected chi connectivity index (χ1v) is 8.69. The van der Waals surface area contributed by atoms with Crippen molar-refractivity contribution in [3.05, 3.63) is 30.3 Å². The van der Waals surface area contributed by atoms with E-state index >= 15 is 0 Å². The van der Waals surface area contributed by atoms with E-state index in [2.05, 4.69) is 38.0 Å². The summed E-state index contributed by atoms with van der Waals surface area (Å²) < 4.78 is 6.01. The summed E-state index contributed by atoms with van der Waals surface area (Å²) in [7, 11) is 0. The van der Waals surface area contributed by atoms with Crippen molar-refractivity contribution in [3.8, 4) is 0 Å². The number of benzene rings is 1. The molecule has 2 atom stereocenters. The Morgan fingerprint density at radius 3 is 2.41 bits per heavy atom. The van der Waals surface area contributed by atoms with Crippen molar-refractivity contribution in [1.29, 1.82) is 0 Å². The lowest BCUT2D eigenvalue weighted by molar-refractivity contribution is 0.140. The normalized spacial score (nSPS) is 30.2. The molecule has 1 saturated heterocycles. The van der Waals surface area contributed by atoms with Crippen LogP contribution >= 0.6 is 6.42 Å². The van der Waals surface area contributed by atoms with Gasteiger partial charge >= 0.3 is 0 Å². The first-order chi connectivity index (χ1) is 7.92. The molecule has 0 amide bonds. The highest BCUT2D eigenvalue weighted by Crippen LogP contribution is 2.46. The Morgan fingerprint density at radius 1 is 1.29 bits per heavy atom. The van der Waals surface area contributed by atoms with Crippen molar-refractivity contribution in [2.45, 2.75) is 20.8 Å². The van der Waals surface area contributed by atoms with Crippen LogP contribution in [0.4, 0.5) is 0 Å². The molecule has 0 radical (unpaired) electrons. The van der Waals surface area contributed by atoms with E-state index in [1.54, 1.807) is 0 Å². The molecule has 1 aliphatic heterocycles. The molecule has 1 fully saturated rings. The third kappa shape index (κ3) is 2.97. The minimum atomic E-state index is -1.99. The lowest BCUT2D eigenvalue weighted by Crippen LogP contribution is -2.40. The van der Waals surface area contributed by atoms with Crippen molar-refractivity contribution in [3.63, 3.8) is 0 Å². The fraction of sp³-hybridized carbons (Fsp3) is 0.538. The summed E-state index contributed by atoms with van der Waals surface area (Å²) in [4.78, 5) is 0. The Balaban J connectivity index is 2.11. The van der Waals surface area contributed by atoms with Crippen LogP contribution in [0.3, 0.4) is 0 Å². The minimum Gasteiger partial charge on any atom is -0.334 e. The molecule has 1 aliphatic rings. The van der Waals surface area contributed by atoms with E-state index in [9.17, 15) is 0 Å². The summed E-state index contributed by atoms with van der Waals surface area (Å²) in [6, 6.07) is 10.2. The van der Waals surface area contributed by atoms with Crippen LogP contribution in [0.5, 0.6) is 0 Å². The largest absolute Gasteiger partial charge is 0.334 e. The average molecular weight is 269 g/mol. The summed E-state index contributed by atoms with van der Waals surface area (Å²) in [5.74, 6) is 0.530. The average Bonchev–Trinajstić information content (AvgIpc) is 2.29. The Hall–Kier alpha value is -0.210. The van der Waals surface area contributed by atoms with E-state index in [0.717, 1.165) is 18.5 Å². The van der Waals surface area contributed by atoms with Crippen molar-refractivity contribution >= 4 is 23.5 Å². The second kappa shape index (κ2) is 4.81. The Kier molecular flexibility index (Phi) is 3.74. The van der Waals surface area contributed by atoms with Gasteiger partial charge in [0.25, 0.3) is 0 Å². The monoisotopic (exact) mass is 269 g/mol. The van der Waals surface area contributed by atoms with Crippen LogP contribution in [0.15, 0.2) is 30.3 Å². The van der Waals surface area contributed by atoms with Gasteiger partial charge in [-0.1, -0.05) is 51.1 Å². The Labute approximate surface area is 109 Å². The molecule has 17 heavy (non-hydrogen) atoms. The zero-order valence-electron chi connectivity index (χ0n) is 10.6. The van der Waals surface area contributed by atoms with Crippen LogP contribution in [0.2, 0.25) is 0 Å². The zero-order chi connectivity index (χ0) is 12.5. The minimum absolute atomic E-state index is 0.268. The highest BCUT2D eigenvalue weighted by atomic mass is 32.4. The summed E-state index contributed by atoms with van der Waals surface area (Å²) in [5.41, 5.74) is 0.268. The van der Waals surface area contributed by atoms with Gasteiger partial charge in [-0.2, -0.15) is 0 Å². The molecule has 0 aromatic heterocycles. The fourth-order valence-corrected chi connectivity index (χ4v) is 4.49. The van der Waals surface area contributed by atoms with Crippen molar-refractivity contribution in [2.75, 3.05) is 13.2 Å². The molecule has 1 heterocycles. The first kappa shape index (κ1) is 13.2. The van der Waals surface area contributed by atoms with Crippen LogP contribution in [0.25, 0.3) is 0 Å². The van der Waals surface area contributed by atoms with E-state index in [-0.39, 0.29) is 5.41 Å². The Morgan fingerprint density at radius 2 is 1.94 bits per heavy atom. The van der Waals surface area contributed by atoms with Crippen molar-refractivity contribution < 1.29 is 4.52 Å². The van der Waals surface area contributed by atoms with Gasteiger partial charge in [0.1, 0.15) is 0 Å². The number of rotatable bonds is 1. The lowest BCUT2D eigenvalue weighted by Gasteiger charge is -2.39. The number of hydrogen-bond acceptors (Lipinski definition) is 2. The summed E-state index contributed by atoms with van der Waals surface area (Å²) >= 11 is 5.67. The third-order valence-corrected chi connectivity index (χ3v) is 6.75. The molecule has 0 spiro atoms. The predicted octanol–water partition coefficient (Wildman–Crippen LogP) is 2.90. The maximum atomic E-state index is 6.01. The molecule has 1 aromatic rings. The maximum absolute atomic E-state index is 6.01. The van der Waals surface area contributed by atoms with Gasteiger partial charge in [0.2, 0.25) is 0 Å². The molecule has 0 bridgehead atoms. The summed E-state index contributed by atoms with van der Waals surface area (Å²) in [6.45, 7) is 8.47. The molecular formula is C13H20NOPS. The quantitative estimate of drug-likeness (QED) is 0.792. The van der Waals surface area contributed by atoms with E-state index in [1.807, 2.05) is 18.2 Å². The van der Waals surface area contributed by atoms with Crippen LogP contribution in [-0.4, -0.2) is 13.2 Å². The molecule has 0 saturated carbocycles. The second-order valence-corrected chi connectivity index (χ2v) is 9.34. The number of hydrogen-bond donors (Lipinski definition) is 1. The second-order valence-electron chi connectivity index (χ2n) is 5.61. The van der Waals surface area contributed by atoms with E-state index in [1.165, 1.54) is 0 Å². The highest BCUT2D eigenvalue weighted by molar-refractivity contribution is 8.14. The van der Waals surface area contributed by atoms with Crippen LogP contribution < -0.4 is 10.4 Å². The van der Waals surface area contributed by atoms with Crippen LogP contribution in [-0.2, 0) is 16.3 Å². The molecule has 1 N–H and O–H groups in total. The SMILES string of the molecule is CC(C)(C)[C@@H]1CN[P@](=S)(c2ccccc2)OC1. The van der Waals surface area contributed by atoms with Gasteiger partial charge < -0.3 is 4.52 Å². The standard InChI is InChI=1S/C13H20NOPS/c1-13(2,3)11-9-14-16(17,15-10-11)12-7-5-4-6-8-12/h4-8,11H,9-10H2,1-3H3,(H,14,17)/t11-,16-/m1/s1. The third-order valence-electron chi connectivity index (χ3n) is 3.32. The first-order valence-electron chi connectivity index (χ1n) is 5.97. The van der Waals surface area contributed by atoms with Crippen LogP contribution in [0, 0.1) is 11.3 Å². The van der Waals surface area contributed by atoms with Gasteiger partial charge in [0.15, 0.2) is 6.42 Å². The molecule has 2 rings (SSSR count). The topological polar surface area (TPSA) is 21.3 Å². The molecule has 0 aliphatic carbocycles.